The molecule has 10 heteroatoms. The van der Waals surface area contributed by atoms with Crippen LogP contribution in [-0.4, -0.2) is 50.9 Å². The number of anilines is 1. The Kier molecular flexibility index (Phi) is 7.48. The van der Waals surface area contributed by atoms with Gasteiger partial charge in [-0.3, -0.25) is 9.59 Å². The molecule has 1 aliphatic heterocycles. The lowest BCUT2D eigenvalue weighted by Gasteiger charge is -2.10. The number of fused-ring (bicyclic) bond motifs is 1. The lowest BCUT2D eigenvalue weighted by atomic mass is 10.2. The van der Waals surface area contributed by atoms with E-state index in [0.29, 0.717) is 47.6 Å². The van der Waals surface area contributed by atoms with Gasteiger partial charge in [-0.1, -0.05) is 0 Å². The molecule has 4 rings (SSSR count). The first kappa shape index (κ1) is 23.4. The number of thiazole rings is 1. The van der Waals surface area contributed by atoms with E-state index in [0.717, 1.165) is 17.0 Å². The minimum atomic E-state index is -0.544. The van der Waals surface area contributed by atoms with Crippen LogP contribution < -0.4 is 24.3 Å². The second kappa shape index (κ2) is 10.9. The van der Waals surface area contributed by atoms with Crippen molar-refractivity contribution in [3.05, 3.63) is 47.5 Å². The molecule has 1 aliphatic rings. The number of esters is 1. The van der Waals surface area contributed by atoms with Crippen molar-refractivity contribution >= 4 is 28.9 Å². The highest BCUT2D eigenvalue weighted by Crippen LogP contribution is 2.34. The van der Waals surface area contributed by atoms with Crippen LogP contribution in [0.5, 0.6) is 23.0 Å². The van der Waals surface area contributed by atoms with Crippen LogP contribution in [0.4, 0.5) is 5.69 Å². The molecule has 1 amide bonds. The number of hydrogen-bond acceptors (Lipinski definition) is 9. The molecule has 0 unspecified atom stereocenters. The van der Waals surface area contributed by atoms with Crippen molar-refractivity contribution in [1.29, 1.82) is 0 Å². The van der Waals surface area contributed by atoms with E-state index in [1.165, 1.54) is 11.3 Å². The lowest BCUT2D eigenvalue weighted by Crippen LogP contribution is -2.21. The molecule has 34 heavy (non-hydrogen) atoms. The average molecular weight is 485 g/mol. The van der Waals surface area contributed by atoms with Gasteiger partial charge in [0, 0.05) is 29.1 Å². The molecule has 0 aliphatic carbocycles. The van der Waals surface area contributed by atoms with E-state index in [4.69, 9.17) is 23.7 Å². The molecule has 3 aromatic rings. The first-order chi connectivity index (χ1) is 16.6. The number of benzene rings is 2. The highest BCUT2D eigenvalue weighted by Gasteiger charge is 2.15. The van der Waals surface area contributed by atoms with Gasteiger partial charge in [0.1, 0.15) is 5.01 Å². The molecule has 0 saturated heterocycles. The smallest absolute Gasteiger partial charge is 0.312 e. The number of nitrogens with zero attached hydrogens (tertiary/aromatic N) is 1. The van der Waals surface area contributed by atoms with Gasteiger partial charge in [-0.15, -0.1) is 11.3 Å². The standard InChI is InChI=1S/C24H24N2O7S/c1-29-18-6-4-15(10-20(18)30-2)24-26-17(14-34-24)12-23(28)33-13-22(27)25-16-5-7-19-21(11-16)32-9-3-8-31-19/h4-7,10-11,14H,3,8-9,12-13H2,1-2H3,(H,25,27). The zero-order valence-corrected chi connectivity index (χ0v) is 19.6. The maximum Gasteiger partial charge on any atom is 0.312 e. The second-order valence-corrected chi connectivity index (χ2v) is 8.17. The number of ether oxygens (including phenoxy) is 5. The largest absolute Gasteiger partial charge is 0.493 e. The Bertz CT molecular complexity index is 1180. The number of nitrogens with one attached hydrogen (secondary N) is 1. The summed E-state index contributed by atoms with van der Waals surface area (Å²) in [5, 5.41) is 5.21. The summed E-state index contributed by atoms with van der Waals surface area (Å²) >= 11 is 1.40. The molecule has 0 spiro atoms. The fourth-order valence-electron chi connectivity index (χ4n) is 3.27. The van der Waals surface area contributed by atoms with Gasteiger partial charge in [-0.05, 0) is 30.3 Å². The number of amides is 1. The highest BCUT2D eigenvalue weighted by atomic mass is 32.1. The van der Waals surface area contributed by atoms with Crippen molar-refractivity contribution in [2.24, 2.45) is 0 Å². The summed E-state index contributed by atoms with van der Waals surface area (Å²) in [6.45, 7) is 0.732. The summed E-state index contributed by atoms with van der Waals surface area (Å²) in [4.78, 5) is 28.9. The Morgan fingerprint density at radius 3 is 2.62 bits per heavy atom. The van der Waals surface area contributed by atoms with Gasteiger partial charge >= 0.3 is 5.97 Å². The van der Waals surface area contributed by atoms with Gasteiger partial charge in [-0.25, -0.2) is 4.98 Å². The van der Waals surface area contributed by atoms with Gasteiger partial charge in [0.25, 0.3) is 5.91 Å². The van der Waals surface area contributed by atoms with Gasteiger partial charge < -0.3 is 29.0 Å². The average Bonchev–Trinajstić information content (AvgIpc) is 3.18. The molecular weight excluding hydrogens is 460 g/mol. The van der Waals surface area contributed by atoms with Crippen LogP contribution in [0.3, 0.4) is 0 Å². The van der Waals surface area contributed by atoms with E-state index in [2.05, 4.69) is 10.3 Å². The van der Waals surface area contributed by atoms with Crippen molar-refractivity contribution in [2.75, 3.05) is 39.4 Å². The minimum Gasteiger partial charge on any atom is -0.493 e. The van der Waals surface area contributed by atoms with Crippen molar-refractivity contribution in [1.82, 2.24) is 4.98 Å². The Morgan fingerprint density at radius 2 is 1.82 bits per heavy atom. The fourth-order valence-corrected chi connectivity index (χ4v) is 4.09. The van der Waals surface area contributed by atoms with Gasteiger partial charge in [0.2, 0.25) is 0 Å². The second-order valence-electron chi connectivity index (χ2n) is 7.31. The Hall–Kier alpha value is -3.79. The zero-order chi connectivity index (χ0) is 23.9. The molecule has 2 aromatic carbocycles. The third-order valence-corrected chi connectivity index (χ3v) is 5.84. The van der Waals surface area contributed by atoms with Crippen molar-refractivity contribution in [2.45, 2.75) is 12.8 Å². The van der Waals surface area contributed by atoms with Crippen LogP contribution in [0.15, 0.2) is 41.8 Å². The summed E-state index contributed by atoms with van der Waals surface area (Å²) in [7, 11) is 3.14. The first-order valence-electron chi connectivity index (χ1n) is 10.6. The summed E-state index contributed by atoms with van der Waals surface area (Å²) in [6.07, 6.45) is 0.752. The first-order valence-corrected chi connectivity index (χ1v) is 11.5. The summed E-state index contributed by atoms with van der Waals surface area (Å²) < 4.78 is 26.9. The van der Waals surface area contributed by atoms with Crippen LogP contribution >= 0.6 is 11.3 Å². The van der Waals surface area contributed by atoms with Crippen molar-refractivity contribution < 1.29 is 33.3 Å². The van der Waals surface area contributed by atoms with E-state index in [1.54, 1.807) is 43.9 Å². The molecule has 1 N–H and O–H groups in total. The Labute approximate surface area is 200 Å². The van der Waals surface area contributed by atoms with E-state index in [1.807, 2.05) is 12.1 Å². The SMILES string of the molecule is COc1ccc(-c2nc(CC(=O)OCC(=O)Nc3ccc4c(c3)OCCCO4)cs2)cc1OC. The van der Waals surface area contributed by atoms with E-state index < -0.39 is 18.5 Å². The molecule has 0 fully saturated rings. The zero-order valence-electron chi connectivity index (χ0n) is 18.8. The third-order valence-electron chi connectivity index (χ3n) is 4.90. The molecule has 178 valence electrons. The molecular formula is C24H24N2O7S. The molecule has 9 nitrogen and oxygen atoms in total. The van der Waals surface area contributed by atoms with Crippen LogP contribution in [0, 0.1) is 0 Å². The van der Waals surface area contributed by atoms with Crippen molar-refractivity contribution in [3.8, 4) is 33.6 Å². The highest BCUT2D eigenvalue weighted by molar-refractivity contribution is 7.13. The van der Waals surface area contributed by atoms with Crippen LogP contribution in [0.2, 0.25) is 0 Å². The molecule has 0 saturated carbocycles. The molecule has 2 heterocycles. The Balaban J connectivity index is 1.29. The van der Waals surface area contributed by atoms with Crippen LogP contribution in [-0.2, 0) is 20.7 Å². The maximum absolute atomic E-state index is 12.2. The maximum atomic E-state index is 12.2. The third kappa shape index (κ3) is 5.76. The number of aromatic nitrogens is 1. The number of carbonyl (C=O) groups is 2. The van der Waals surface area contributed by atoms with Gasteiger partial charge in [0.15, 0.2) is 29.6 Å². The number of carbonyl (C=O) groups excluding carboxylic acids is 2. The number of hydrogen-bond donors (Lipinski definition) is 1. The minimum absolute atomic E-state index is 0.0406. The summed E-state index contributed by atoms with van der Waals surface area (Å²) in [6, 6.07) is 10.6. The quantitative estimate of drug-likeness (QED) is 0.483. The predicted molar refractivity (Wildman–Crippen MR) is 126 cm³/mol. The topological polar surface area (TPSA) is 105 Å². The van der Waals surface area contributed by atoms with E-state index >= 15 is 0 Å². The van der Waals surface area contributed by atoms with E-state index in [9.17, 15) is 9.59 Å². The van der Waals surface area contributed by atoms with Crippen LogP contribution in [0.1, 0.15) is 12.1 Å². The van der Waals surface area contributed by atoms with E-state index in [-0.39, 0.29) is 6.42 Å². The number of rotatable bonds is 8. The number of methoxy groups -OCH3 is 2. The Morgan fingerprint density at radius 1 is 1.03 bits per heavy atom. The fraction of sp³-hybridized carbons (Fsp3) is 0.292. The molecule has 0 radical (unpaired) electrons. The summed E-state index contributed by atoms with van der Waals surface area (Å²) in [5.74, 6) is 1.43. The van der Waals surface area contributed by atoms with Gasteiger partial charge in [-0.2, -0.15) is 0 Å². The van der Waals surface area contributed by atoms with Gasteiger partial charge in [0.05, 0.1) is 39.5 Å². The molecule has 1 aromatic heterocycles. The molecule has 0 bridgehead atoms. The predicted octanol–water partition coefficient (Wildman–Crippen LogP) is 3.71. The van der Waals surface area contributed by atoms with Crippen LogP contribution in [0.25, 0.3) is 10.6 Å². The normalized spacial score (nSPS) is 12.4. The molecule has 0 atom stereocenters. The monoisotopic (exact) mass is 484 g/mol. The van der Waals surface area contributed by atoms with Crippen molar-refractivity contribution in [3.63, 3.8) is 0 Å². The summed E-state index contributed by atoms with van der Waals surface area (Å²) in [5.41, 5.74) is 1.93. The lowest BCUT2D eigenvalue weighted by molar-refractivity contribution is -0.146.